The first kappa shape index (κ1) is 15.5. The molecule has 23 heavy (non-hydrogen) atoms. The Balaban J connectivity index is 1.63. The number of hydrogen-bond acceptors (Lipinski definition) is 4. The smallest absolute Gasteiger partial charge is 0.260 e. The normalized spacial score (nSPS) is 20.5. The van der Waals surface area contributed by atoms with Gasteiger partial charge in [0.05, 0.1) is 12.7 Å². The number of β-amino-alcohol motifs (C(OH)–C–C–N with tert-alkyl or cyclic N) is 1. The Morgan fingerprint density at radius 2 is 2.17 bits per heavy atom. The standard InChI is InChI=1S/C18H20N2O3/c1-14-5-2-3-7-16(14)18(22)8-10-20(13-18)17(21)12-23-15-6-4-9-19-11-15/h2-7,9,11,22H,8,10,12-13H2,1H3/t18-/m0/s1. The highest BCUT2D eigenvalue weighted by Crippen LogP contribution is 2.33. The van der Waals surface area contributed by atoms with Crippen LogP contribution in [0, 0.1) is 6.92 Å². The highest BCUT2D eigenvalue weighted by atomic mass is 16.5. The molecule has 1 atom stereocenters. The average Bonchev–Trinajstić information content (AvgIpc) is 2.97. The molecule has 0 aliphatic carbocycles. The molecule has 1 aromatic carbocycles. The Bertz CT molecular complexity index is 690. The van der Waals surface area contributed by atoms with Crippen LogP contribution in [0.1, 0.15) is 17.5 Å². The quantitative estimate of drug-likeness (QED) is 0.936. The van der Waals surface area contributed by atoms with Gasteiger partial charge in [0.2, 0.25) is 0 Å². The molecule has 0 radical (unpaired) electrons. The lowest BCUT2D eigenvalue weighted by molar-refractivity contribution is -0.133. The zero-order chi connectivity index (χ0) is 16.3. The van der Waals surface area contributed by atoms with E-state index in [-0.39, 0.29) is 12.5 Å². The molecule has 1 aliphatic heterocycles. The Labute approximate surface area is 135 Å². The molecule has 1 saturated heterocycles. The minimum Gasteiger partial charge on any atom is -0.482 e. The minimum atomic E-state index is -0.977. The van der Waals surface area contributed by atoms with Crippen molar-refractivity contribution in [2.75, 3.05) is 19.7 Å². The van der Waals surface area contributed by atoms with E-state index in [1.807, 2.05) is 31.2 Å². The van der Waals surface area contributed by atoms with Crippen molar-refractivity contribution in [3.63, 3.8) is 0 Å². The van der Waals surface area contributed by atoms with Crippen LogP contribution >= 0.6 is 0 Å². The number of pyridine rings is 1. The summed E-state index contributed by atoms with van der Waals surface area (Å²) in [7, 11) is 0. The fraction of sp³-hybridized carbons (Fsp3) is 0.333. The van der Waals surface area contributed by atoms with Crippen LogP contribution in [0.5, 0.6) is 5.75 Å². The summed E-state index contributed by atoms with van der Waals surface area (Å²) in [6.07, 6.45) is 3.76. The van der Waals surface area contributed by atoms with Gasteiger partial charge < -0.3 is 14.7 Å². The highest BCUT2D eigenvalue weighted by molar-refractivity contribution is 5.78. The highest BCUT2D eigenvalue weighted by Gasteiger charge is 2.40. The summed E-state index contributed by atoms with van der Waals surface area (Å²) in [5.74, 6) is 0.438. The lowest BCUT2D eigenvalue weighted by Gasteiger charge is -2.25. The lowest BCUT2D eigenvalue weighted by Crippen LogP contribution is -2.37. The first-order chi connectivity index (χ1) is 11.1. The number of carbonyl (C=O) groups excluding carboxylic acids is 1. The molecule has 120 valence electrons. The maximum atomic E-state index is 12.3. The van der Waals surface area contributed by atoms with Gasteiger partial charge in [-0.05, 0) is 36.6 Å². The number of hydrogen-bond donors (Lipinski definition) is 1. The number of aromatic nitrogens is 1. The number of likely N-dealkylation sites (tertiary alicyclic amines) is 1. The summed E-state index contributed by atoms with van der Waals surface area (Å²) in [5, 5.41) is 10.9. The number of aliphatic hydroxyl groups is 1. The average molecular weight is 312 g/mol. The van der Waals surface area contributed by atoms with E-state index < -0.39 is 5.60 Å². The molecule has 0 bridgehead atoms. The van der Waals surface area contributed by atoms with Crippen molar-refractivity contribution in [1.82, 2.24) is 9.88 Å². The van der Waals surface area contributed by atoms with Crippen molar-refractivity contribution in [3.05, 3.63) is 59.9 Å². The molecule has 3 rings (SSSR count). The number of carbonyl (C=O) groups is 1. The van der Waals surface area contributed by atoms with E-state index in [0.717, 1.165) is 11.1 Å². The molecule has 0 spiro atoms. The fourth-order valence-electron chi connectivity index (χ4n) is 2.99. The summed E-state index contributed by atoms with van der Waals surface area (Å²) in [6.45, 7) is 2.76. The lowest BCUT2D eigenvalue weighted by atomic mass is 9.89. The number of nitrogens with zero attached hydrogens (tertiary/aromatic N) is 2. The van der Waals surface area contributed by atoms with E-state index in [2.05, 4.69) is 4.98 Å². The maximum absolute atomic E-state index is 12.3. The largest absolute Gasteiger partial charge is 0.482 e. The van der Waals surface area contributed by atoms with Crippen molar-refractivity contribution in [2.24, 2.45) is 0 Å². The molecule has 0 unspecified atom stereocenters. The molecule has 1 aliphatic rings. The van der Waals surface area contributed by atoms with Crippen molar-refractivity contribution in [1.29, 1.82) is 0 Å². The summed E-state index contributed by atoms with van der Waals surface area (Å²) >= 11 is 0. The Kier molecular flexibility index (Phi) is 4.30. The van der Waals surface area contributed by atoms with Crippen LogP contribution in [0.2, 0.25) is 0 Å². The molecule has 0 saturated carbocycles. The van der Waals surface area contributed by atoms with Gasteiger partial charge >= 0.3 is 0 Å². The van der Waals surface area contributed by atoms with Crippen LogP contribution in [-0.2, 0) is 10.4 Å². The molecule has 2 heterocycles. The Hall–Kier alpha value is -2.40. The number of ether oxygens (including phenoxy) is 1. The second-order valence-corrected chi connectivity index (χ2v) is 5.89. The number of rotatable bonds is 4. The summed E-state index contributed by atoms with van der Waals surface area (Å²) in [4.78, 5) is 17.9. The van der Waals surface area contributed by atoms with Crippen LogP contribution in [0.15, 0.2) is 48.8 Å². The summed E-state index contributed by atoms with van der Waals surface area (Å²) in [5.41, 5.74) is 0.953. The van der Waals surface area contributed by atoms with Gasteiger partial charge in [-0.25, -0.2) is 0 Å². The third-order valence-electron chi connectivity index (χ3n) is 4.24. The molecular weight excluding hydrogens is 292 g/mol. The van der Waals surface area contributed by atoms with Gasteiger partial charge in [-0.2, -0.15) is 0 Å². The van der Waals surface area contributed by atoms with Gasteiger partial charge in [-0.3, -0.25) is 9.78 Å². The number of aryl methyl sites for hydroxylation is 1. The van der Waals surface area contributed by atoms with Crippen molar-refractivity contribution >= 4 is 5.91 Å². The van der Waals surface area contributed by atoms with Crippen molar-refractivity contribution < 1.29 is 14.6 Å². The van der Waals surface area contributed by atoms with E-state index in [1.54, 1.807) is 29.4 Å². The molecular formula is C18H20N2O3. The molecule has 5 nitrogen and oxygen atoms in total. The fourth-order valence-corrected chi connectivity index (χ4v) is 2.99. The van der Waals surface area contributed by atoms with Gasteiger partial charge in [0.15, 0.2) is 6.61 Å². The Morgan fingerprint density at radius 3 is 2.91 bits per heavy atom. The molecule has 2 aromatic rings. The minimum absolute atomic E-state index is 0.0461. The van der Waals surface area contributed by atoms with Gasteiger partial charge in [-0.15, -0.1) is 0 Å². The molecule has 5 heteroatoms. The third kappa shape index (κ3) is 3.35. The zero-order valence-electron chi connectivity index (χ0n) is 13.1. The first-order valence-electron chi connectivity index (χ1n) is 7.68. The van der Waals surface area contributed by atoms with Crippen molar-refractivity contribution in [2.45, 2.75) is 18.9 Å². The van der Waals surface area contributed by atoms with E-state index in [9.17, 15) is 9.90 Å². The van der Waals surface area contributed by atoms with Gasteiger partial charge in [-0.1, -0.05) is 24.3 Å². The molecule has 1 amide bonds. The second-order valence-electron chi connectivity index (χ2n) is 5.89. The van der Waals surface area contributed by atoms with E-state index in [0.29, 0.717) is 25.3 Å². The summed E-state index contributed by atoms with van der Waals surface area (Å²) < 4.78 is 5.44. The summed E-state index contributed by atoms with van der Waals surface area (Å²) in [6, 6.07) is 11.3. The first-order valence-corrected chi connectivity index (χ1v) is 7.68. The SMILES string of the molecule is Cc1ccccc1[C@]1(O)CCN(C(=O)COc2cccnc2)C1. The van der Waals surface area contributed by atoms with Crippen molar-refractivity contribution in [3.8, 4) is 5.75 Å². The monoisotopic (exact) mass is 312 g/mol. The third-order valence-corrected chi connectivity index (χ3v) is 4.24. The van der Waals surface area contributed by atoms with E-state index in [1.165, 1.54) is 0 Å². The topological polar surface area (TPSA) is 62.7 Å². The van der Waals surface area contributed by atoms with Crippen LogP contribution < -0.4 is 4.74 Å². The van der Waals surface area contributed by atoms with Gasteiger partial charge in [0.1, 0.15) is 11.4 Å². The number of amides is 1. The maximum Gasteiger partial charge on any atom is 0.260 e. The van der Waals surface area contributed by atoms with Crippen LogP contribution in [0.25, 0.3) is 0 Å². The zero-order valence-corrected chi connectivity index (χ0v) is 13.1. The van der Waals surface area contributed by atoms with Crippen LogP contribution in [0.3, 0.4) is 0 Å². The van der Waals surface area contributed by atoms with E-state index >= 15 is 0 Å². The molecule has 1 aromatic heterocycles. The number of benzene rings is 1. The van der Waals surface area contributed by atoms with Gasteiger partial charge in [0.25, 0.3) is 5.91 Å². The second kappa shape index (κ2) is 6.38. The predicted molar refractivity (Wildman–Crippen MR) is 86.0 cm³/mol. The predicted octanol–water partition coefficient (Wildman–Crippen LogP) is 1.89. The van der Waals surface area contributed by atoms with Crippen LogP contribution in [0.4, 0.5) is 0 Å². The molecule has 1 N–H and O–H groups in total. The van der Waals surface area contributed by atoms with E-state index in [4.69, 9.17) is 4.74 Å². The van der Waals surface area contributed by atoms with Gasteiger partial charge in [0, 0.05) is 12.7 Å². The molecule has 1 fully saturated rings. The Morgan fingerprint density at radius 1 is 1.35 bits per heavy atom. The van der Waals surface area contributed by atoms with Crippen LogP contribution in [-0.4, -0.2) is 40.6 Å².